The van der Waals surface area contributed by atoms with Crippen LogP contribution in [-0.2, 0) is 4.74 Å². The summed E-state index contributed by atoms with van der Waals surface area (Å²) >= 11 is 3.51. The van der Waals surface area contributed by atoms with Gasteiger partial charge in [0.1, 0.15) is 6.10 Å². The SMILES string of the molecule is CC(C)CN1CCC(NC(=O)N2CCOC(c3cccc(Br)c3)C2)CC1. The molecule has 2 aliphatic rings. The zero-order valence-corrected chi connectivity index (χ0v) is 17.4. The van der Waals surface area contributed by atoms with E-state index in [0.29, 0.717) is 25.6 Å². The predicted octanol–water partition coefficient (Wildman–Crippen LogP) is 3.65. The largest absolute Gasteiger partial charge is 0.370 e. The van der Waals surface area contributed by atoms with Gasteiger partial charge in [-0.2, -0.15) is 0 Å². The summed E-state index contributed by atoms with van der Waals surface area (Å²) in [5.41, 5.74) is 1.11. The Kier molecular flexibility index (Phi) is 6.95. The molecule has 5 nitrogen and oxygen atoms in total. The molecule has 26 heavy (non-hydrogen) atoms. The van der Waals surface area contributed by atoms with E-state index in [0.717, 1.165) is 42.5 Å². The molecule has 1 unspecified atom stereocenters. The molecule has 0 aliphatic carbocycles. The predicted molar refractivity (Wildman–Crippen MR) is 107 cm³/mol. The van der Waals surface area contributed by atoms with Crippen molar-refractivity contribution in [3.05, 3.63) is 34.3 Å². The highest BCUT2D eigenvalue weighted by Crippen LogP contribution is 2.25. The zero-order valence-electron chi connectivity index (χ0n) is 15.8. The van der Waals surface area contributed by atoms with Crippen LogP contribution in [0.1, 0.15) is 38.4 Å². The van der Waals surface area contributed by atoms with Crippen molar-refractivity contribution >= 4 is 22.0 Å². The summed E-state index contributed by atoms with van der Waals surface area (Å²) in [4.78, 5) is 17.1. The van der Waals surface area contributed by atoms with Gasteiger partial charge in [0.25, 0.3) is 0 Å². The lowest BCUT2D eigenvalue weighted by atomic mass is 10.0. The highest BCUT2D eigenvalue weighted by Gasteiger charge is 2.28. The lowest BCUT2D eigenvalue weighted by molar-refractivity contribution is -0.0161. The second-order valence-electron chi connectivity index (χ2n) is 7.78. The summed E-state index contributed by atoms with van der Waals surface area (Å²) in [5.74, 6) is 0.699. The maximum atomic E-state index is 12.7. The summed E-state index contributed by atoms with van der Waals surface area (Å²) in [7, 11) is 0. The minimum absolute atomic E-state index is 0.0515. The third-order valence-electron chi connectivity index (χ3n) is 5.11. The Morgan fingerprint density at radius 3 is 2.77 bits per heavy atom. The molecule has 2 fully saturated rings. The van der Waals surface area contributed by atoms with E-state index >= 15 is 0 Å². The molecular formula is C20H30BrN3O2. The van der Waals surface area contributed by atoms with Crippen molar-refractivity contribution in [2.45, 2.75) is 38.8 Å². The standard InChI is InChI=1S/C20H30BrN3O2/c1-15(2)13-23-8-6-18(7-9-23)22-20(25)24-10-11-26-19(14-24)16-4-3-5-17(21)12-16/h3-5,12,15,18-19H,6-11,13-14H2,1-2H3,(H,22,25). The van der Waals surface area contributed by atoms with Gasteiger partial charge in [-0.3, -0.25) is 0 Å². The van der Waals surface area contributed by atoms with Gasteiger partial charge in [-0.15, -0.1) is 0 Å². The number of rotatable bonds is 4. The van der Waals surface area contributed by atoms with E-state index in [2.05, 4.69) is 52.1 Å². The molecule has 2 amide bonds. The number of ether oxygens (including phenoxy) is 1. The highest BCUT2D eigenvalue weighted by molar-refractivity contribution is 9.10. The Bertz CT molecular complexity index is 602. The monoisotopic (exact) mass is 423 g/mol. The van der Waals surface area contributed by atoms with Crippen LogP contribution >= 0.6 is 15.9 Å². The van der Waals surface area contributed by atoms with E-state index in [4.69, 9.17) is 4.74 Å². The normalized spacial score (nSPS) is 22.6. The molecular weight excluding hydrogens is 394 g/mol. The molecule has 6 heteroatoms. The average molecular weight is 424 g/mol. The smallest absolute Gasteiger partial charge is 0.317 e. The number of piperidine rings is 1. The number of amides is 2. The van der Waals surface area contributed by atoms with Gasteiger partial charge >= 0.3 is 6.03 Å². The van der Waals surface area contributed by atoms with Crippen LogP contribution in [0.3, 0.4) is 0 Å². The Balaban J connectivity index is 1.49. The van der Waals surface area contributed by atoms with Crippen LogP contribution in [0.2, 0.25) is 0 Å². The molecule has 1 aromatic carbocycles. The number of urea groups is 1. The van der Waals surface area contributed by atoms with Crippen molar-refractivity contribution < 1.29 is 9.53 Å². The molecule has 1 N–H and O–H groups in total. The lowest BCUT2D eigenvalue weighted by Gasteiger charge is -2.37. The van der Waals surface area contributed by atoms with Gasteiger partial charge in [-0.25, -0.2) is 4.79 Å². The highest BCUT2D eigenvalue weighted by atomic mass is 79.9. The van der Waals surface area contributed by atoms with E-state index in [9.17, 15) is 4.79 Å². The van der Waals surface area contributed by atoms with E-state index in [-0.39, 0.29) is 18.2 Å². The Hall–Kier alpha value is -1.11. The fourth-order valence-corrected chi connectivity index (χ4v) is 4.20. The number of nitrogens with zero attached hydrogens (tertiary/aromatic N) is 2. The first-order chi connectivity index (χ1) is 12.5. The van der Waals surface area contributed by atoms with Crippen molar-refractivity contribution in [2.75, 3.05) is 39.3 Å². The van der Waals surface area contributed by atoms with E-state index in [1.165, 1.54) is 0 Å². The van der Waals surface area contributed by atoms with Crippen LogP contribution in [0.5, 0.6) is 0 Å². The number of morpholine rings is 1. The van der Waals surface area contributed by atoms with Crippen LogP contribution < -0.4 is 5.32 Å². The maximum absolute atomic E-state index is 12.7. The summed E-state index contributed by atoms with van der Waals surface area (Å²) in [6.45, 7) is 9.66. The van der Waals surface area contributed by atoms with Crippen molar-refractivity contribution in [1.82, 2.24) is 15.1 Å². The van der Waals surface area contributed by atoms with Crippen LogP contribution in [0.4, 0.5) is 4.79 Å². The van der Waals surface area contributed by atoms with Crippen LogP contribution in [0.15, 0.2) is 28.7 Å². The average Bonchev–Trinajstić information content (AvgIpc) is 2.63. The molecule has 0 radical (unpaired) electrons. The molecule has 1 aromatic rings. The fraction of sp³-hybridized carbons (Fsp3) is 0.650. The topological polar surface area (TPSA) is 44.8 Å². The first-order valence-corrected chi connectivity index (χ1v) is 10.5. The van der Waals surface area contributed by atoms with E-state index < -0.39 is 0 Å². The molecule has 144 valence electrons. The van der Waals surface area contributed by atoms with Gasteiger partial charge < -0.3 is 19.9 Å². The second kappa shape index (κ2) is 9.20. The summed E-state index contributed by atoms with van der Waals surface area (Å²) in [5, 5.41) is 3.24. The summed E-state index contributed by atoms with van der Waals surface area (Å²) in [6, 6.07) is 8.47. The number of hydrogen-bond acceptors (Lipinski definition) is 3. The molecule has 2 aliphatic heterocycles. The van der Waals surface area contributed by atoms with Gasteiger partial charge in [-0.05, 0) is 36.5 Å². The van der Waals surface area contributed by atoms with Gasteiger partial charge in [0, 0.05) is 36.7 Å². The molecule has 0 bridgehead atoms. The first kappa shape index (κ1) is 19.6. The van der Waals surface area contributed by atoms with Gasteiger partial charge in [0.15, 0.2) is 0 Å². The fourth-order valence-electron chi connectivity index (χ4n) is 3.78. The third kappa shape index (κ3) is 5.44. The number of benzene rings is 1. The lowest BCUT2D eigenvalue weighted by Crippen LogP contribution is -2.52. The quantitative estimate of drug-likeness (QED) is 0.803. The third-order valence-corrected chi connectivity index (χ3v) is 5.61. The number of nitrogens with one attached hydrogen (secondary N) is 1. The molecule has 1 atom stereocenters. The molecule has 2 saturated heterocycles. The minimum atomic E-state index is -0.0557. The molecule has 3 rings (SSSR count). The maximum Gasteiger partial charge on any atom is 0.317 e. The molecule has 0 aromatic heterocycles. The molecule has 0 spiro atoms. The number of halogens is 1. The zero-order chi connectivity index (χ0) is 18.5. The number of hydrogen-bond donors (Lipinski definition) is 1. The van der Waals surface area contributed by atoms with Gasteiger partial charge in [0.2, 0.25) is 0 Å². The van der Waals surface area contributed by atoms with E-state index in [1.807, 2.05) is 17.0 Å². The van der Waals surface area contributed by atoms with Crippen molar-refractivity contribution in [2.24, 2.45) is 5.92 Å². The molecule has 2 heterocycles. The Morgan fingerprint density at radius 1 is 1.31 bits per heavy atom. The second-order valence-corrected chi connectivity index (χ2v) is 8.69. The van der Waals surface area contributed by atoms with Gasteiger partial charge in [-0.1, -0.05) is 41.9 Å². The number of carbonyl (C=O) groups is 1. The summed E-state index contributed by atoms with van der Waals surface area (Å²) < 4.78 is 6.93. The van der Waals surface area contributed by atoms with Crippen LogP contribution in [0.25, 0.3) is 0 Å². The Labute approximate surface area is 165 Å². The first-order valence-electron chi connectivity index (χ1n) is 9.66. The molecule has 0 saturated carbocycles. The summed E-state index contributed by atoms with van der Waals surface area (Å²) in [6.07, 6.45) is 2.02. The minimum Gasteiger partial charge on any atom is -0.370 e. The van der Waals surface area contributed by atoms with Crippen molar-refractivity contribution in [3.8, 4) is 0 Å². The van der Waals surface area contributed by atoms with Crippen molar-refractivity contribution in [1.29, 1.82) is 0 Å². The van der Waals surface area contributed by atoms with Gasteiger partial charge in [0.05, 0.1) is 13.2 Å². The van der Waals surface area contributed by atoms with Crippen molar-refractivity contribution in [3.63, 3.8) is 0 Å². The number of carbonyl (C=O) groups excluding carboxylic acids is 1. The number of likely N-dealkylation sites (tertiary alicyclic amines) is 1. The Morgan fingerprint density at radius 2 is 2.08 bits per heavy atom. The van der Waals surface area contributed by atoms with Crippen LogP contribution in [-0.4, -0.2) is 61.2 Å². The van der Waals surface area contributed by atoms with E-state index in [1.54, 1.807) is 0 Å². The van der Waals surface area contributed by atoms with Crippen LogP contribution in [0, 0.1) is 5.92 Å².